The number of nitrogens with one attached hydrogen (secondary N) is 1. The number of ether oxygens (including phenoxy) is 7. The van der Waals surface area contributed by atoms with E-state index >= 15 is 0 Å². The van der Waals surface area contributed by atoms with Crippen LogP contribution in [0.5, 0.6) is 0 Å². The molecule has 0 aromatic heterocycles. The molecule has 1 N–H and O–H groups in total. The molecule has 1 aliphatic carbocycles. The number of alkyl carbamates (subject to hydrolysis) is 1. The fourth-order valence-electron chi connectivity index (χ4n) is 7.20. The van der Waals surface area contributed by atoms with Gasteiger partial charge in [-0.3, -0.25) is 4.79 Å². The van der Waals surface area contributed by atoms with Crippen LogP contribution in [0.4, 0.5) is 4.79 Å². The summed E-state index contributed by atoms with van der Waals surface area (Å²) >= 11 is 0. The van der Waals surface area contributed by atoms with Crippen LogP contribution in [-0.2, 0) is 49.4 Å². The molecule has 284 valence electrons. The van der Waals surface area contributed by atoms with Gasteiger partial charge < -0.3 is 38.5 Å². The summed E-state index contributed by atoms with van der Waals surface area (Å²) in [4.78, 5) is 42.6. The average Bonchev–Trinajstić information content (AvgIpc) is 3.53. The van der Waals surface area contributed by atoms with E-state index < -0.39 is 67.1 Å². The zero-order valence-corrected chi connectivity index (χ0v) is 30.1. The van der Waals surface area contributed by atoms with Crippen molar-refractivity contribution < 1.29 is 47.5 Å². The lowest BCUT2D eigenvalue weighted by atomic mass is 9.95. The van der Waals surface area contributed by atoms with Crippen LogP contribution in [0.15, 0.2) is 114 Å². The van der Waals surface area contributed by atoms with Crippen LogP contribution in [0.1, 0.15) is 48.3 Å². The number of amides is 1. The fraction of sp³-hybridized carbons (Fsp3) is 0.341. The molecule has 14 nitrogen and oxygen atoms in total. The van der Waals surface area contributed by atoms with E-state index in [0.717, 1.165) is 33.4 Å². The lowest BCUT2D eigenvalue weighted by molar-refractivity contribution is -0.347. The number of carbonyl (C=O) groups is 3. The molecule has 2 saturated heterocycles. The molecule has 55 heavy (non-hydrogen) atoms. The molecule has 8 atom stereocenters. The number of nitrogens with zero attached hydrogens (tertiary/aromatic N) is 3. The number of fused-ring (bicyclic) bond motifs is 4. The van der Waals surface area contributed by atoms with Gasteiger partial charge >= 0.3 is 18.0 Å². The summed E-state index contributed by atoms with van der Waals surface area (Å²) in [6, 6.07) is 31.4. The molecule has 0 spiro atoms. The van der Waals surface area contributed by atoms with Crippen LogP contribution < -0.4 is 5.32 Å². The van der Waals surface area contributed by atoms with Gasteiger partial charge in [0.2, 0.25) is 0 Å². The Bertz CT molecular complexity index is 1980. The van der Waals surface area contributed by atoms with E-state index in [2.05, 4.69) is 15.3 Å². The van der Waals surface area contributed by atoms with E-state index in [-0.39, 0.29) is 25.7 Å². The second kappa shape index (κ2) is 17.1. The van der Waals surface area contributed by atoms with Crippen LogP contribution in [0.3, 0.4) is 0 Å². The van der Waals surface area contributed by atoms with Gasteiger partial charge in [-0.25, -0.2) is 9.59 Å². The minimum Gasteiger partial charge on any atom is -0.459 e. The largest absolute Gasteiger partial charge is 0.459 e. The molecule has 4 aromatic rings. The third kappa shape index (κ3) is 8.49. The SMILES string of the molecule is CC(=O)O[C@H]1[C@H]2OC(c3ccccc3)OC[C@H]2OC(O[C@H](C)[C@H](NC(=O)OCC2c3ccccc3-c3ccccc32)C(=O)OCc2ccccc2)[C@@H]1N=[N+]=[N-]. The average molecular weight is 749 g/mol. The molecule has 0 radical (unpaired) electrons. The molecule has 2 fully saturated rings. The number of hydrogen-bond donors (Lipinski definition) is 1. The lowest BCUT2D eigenvalue weighted by Gasteiger charge is -2.48. The van der Waals surface area contributed by atoms with Crippen LogP contribution in [0, 0.1) is 0 Å². The molecule has 2 unspecified atom stereocenters. The molecule has 0 saturated carbocycles. The van der Waals surface area contributed by atoms with Gasteiger partial charge in [-0.05, 0) is 40.3 Å². The predicted octanol–water partition coefficient (Wildman–Crippen LogP) is 6.49. The normalized spacial score (nSPS) is 23.7. The zero-order valence-electron chi connectivity index (χ0n) is 30.1. The number of carbonyl (C=O) groups excluding carboxylic acids is 3. The predicted molar refractivity (Wildman–Crippen MR) is 196 cm³/mol. The van der Waals surface area contributed by atoms with Crippen molar-refractivity contribution >= 4 is 18.0 Å². The summed E-state index contributed by atoms with van der Waals surface area (Å²) in [5, 5.41) is 6.53. The smallest absolute Gasteiger partial charge is 0.407 e. The van der Waals surface area contributed by atoms with Crippen molar-refractivity contribution in [3.63, 3.8) is 0 Å². The highest BCUT2D eigenvalue weighted by Gasteiger charge is 2.53. The van der Waals surface area contributed by atoms with Gasteiger partial charge in [0, 0.05) is 23.3 Å². The number of hydrogen-bond acceptors (Lipinski definition) is 11. The van der Waals surface area contributed by atoms with Crippen molar-refractivity contribution in [1.82, 2.24) is 5.32 Å². The summed E-state index contributed by atoms with van der Waals surface area (Å²) < 4.78 is 41.8. The molecular weight excluding hydrogens is 708 g/mol. The van der Waals surface area contributed by atoms with Gasteiger partial charge in [0.1, 0.15) is 37.6 Å². The number of azide groups is 1. The number of benzene rings is 4. The Morgan fingerprint density at radius 1 is 0.873 bits per heavy atom. The van der Waals surface area contributed by atoms with Crippen LogP contribution in [-0.4, -0.2) is 74.0 Å². The first-order valence-electron chi connectivity index (χ1n) is 18.0. The second-order valence-corrected chi connectivity index (χ2v) is 13.4. The molecule has 1 amide bonds. The standard InChI is InChI=1S/C41H40N4O10/c1-24(52-40-35(44-45-42)37(53-25(2)46)36-33(54-40)23-50-39(55-36)27-15-7-4-8-16-27)34(38(47)49-21-26-13-5-3-6-14-26)43-41(48)51-22-32-30-19-11-9-17-28(30)29-18-10-12-20-31(29)32/h3-20,24,32-37,39-40H,21-23H2,1-2H3,(H,43,48)/t24-,33-,34+,35-,36+,37-,39?,40?/m1/s1. The van der Waals surface area contributed by atoms with E-state index in [1.54, 1.807) is 12.1 Å². The second-order valence-electron chi connectivity index (χ2n) is 13.4. The van der Waals surface area contributed by atoms with Crippen LogP contribution in [0.25, 0.3) is 21.6 Å². The van der Waals surface area contributed by atoms with Crippen molar-refractivity contribution in [3.8, 4) is 11.1 Å². The zero-order chi connectivity index (χ0) is 38.3. The Hall–Kier alpha value is -5.76. The summed E-state index contributed by atoms with van der Waals surface area (Å²) in [6.07, 6.45) is -7.10. The topological polar surface area (TPSA) is 177 Å². The van der Waals surface area contributed by atoms with Crippen molar-refractivity contribution in [2.45, 2.75) is 75.5 Å². The maximum atomic E-state index is 13.7. The molecule has 14 heteroatoms. The van der Waals surface area contributed by atoms with Crippen molar-refractivity contribution in [2.75, 3.05) is 13.2 Å². The molecule has 2 aliphatic heterocycles. The van der Waals surface area contributed by atoms with E-state index in [0.29, 0.717) is 0 Å². The van der Waals surface area contributed by atoms with E-state index in [9.17, 15) is 19.9 Å². The Morgan fingerprint density at radius 3 is 2.16 bits per heavy atom. The van der Waals surface area contributed by atoms with E-state index in [4.69, 9.17) is 33.2 Å². The van der Waals surface area contributed by atoms with Crippen molar-refractivity contribution in [3.05, 3.63) is 142 Å². The van der Waals surface area contributed by atoms with Crippen molar-refractivity contribution in [1.29, 1.82) is 0 Å². The molecule has 2 heterocycles. The Balaban J connectivity index is 1.09. The Morgan fingerprint density at radius 2 is 1.51 bits per heavy atom. The summed E-state index contributed by atoms with van der Waals surface area (Å²) in [5.74, 6) is -1.69. The highest BCUT2D eigenvalue weighted by Crippen LogP contribution is 2.44. The first kappa shape index (κ1) is 37.6. The summed E-state index contributed by atoms with van der Waals surface area (Å²) in [7, 11) is 0. The number of esters is 2. The summed E-state index contributed by atoms with van der Waals surface area (Å²) in [5.41, 5.74) is 15.2. The highest BCUT2D eigenvalue weighted by atomic mass is 16.8. The first-order valence-corrected chi connectivity index (χ1v) is 18.0. The van der Waals surface area contributed by atoms with E-state index in [1.807, 2.05) is 97.1 Å². The minimum absolute atomic E-state index is 0.00266. The van der Waals surface area contributed by atoms with Gasteiger partial charge in [-0.2, -0.15) is 0 Å². The van der Waals surface area contributed by atoms with Gasteiger partial charge in [0.15, 0.2) is 18.6 Å². The van der Waals surface area contributed by atoms with Crippen molar-refractivity contribution in [2.24, 2.45) is 5.11 Å². The molecule has 7 rings (SSSR count). The Kier molecular flexibility index (Phi) is 11.7. The van der Waals surface area contributed by atoms with Crippen LogP contribution >= 0.6 is 0 Å². The van der Waals surface area contributed by atoms with Gasteiger partial charge in [-0.1, -0.05) is 114 Å². The third-order valence-corrected chi connectivity index (χ3v) is 9.78. The number of rotatable bonds is 12. The maximum Gasteiger partial charge on any atom is 0.407 e. The maximum absolute atomic E-state index is 13.7. The minimum atomic E-state index is -1.42. The van der Waals surface area contributed by atoms with E-state index in [1.165, 1.54) is 13.8 Å². The monoisotopic (exact) mass is 748 g/mol. The molecular formula is C41H40N4O10. The van der Waals surface area contributed by atoms with Gasteiger partial charge in [0.25, 0.3) is 0 Å². The van der Waals surface area contributed by atoms with Gasteiger partial charge in [-0.15, -0.1) is 0 Å². The van der Waals surface area contributed by atoms with Gasteiger partial charge in [0.05, 0.1) is 12.7 Å². The summed E-state index contributed by atoms with van der Waals surface area (Å²) in [6.45, 7) is 2.69. The Labute approximate surface area is 317 Å². The quantitative estimate of drug-likeness (QED) is 0.0554. The highest BCUT2D eigenvalue weighted by molar-refractivity contribution is 5.82. The first-order chi connectivity index (χ1) is 26.8. The lowest BCUT2D eigenvalue weighted by Crippen LogP contribution is -2.63. The molecule has 3 aliphatic rings. The fourth-order valence-corrected chi connectivity index (χ4v) is 7.20. The third-order valence-electron chi connectivity index (χ3n) is 9.78. The van der Waals surface area contributed by atoms with Crippen LogP contribution in [0.2, 0.25) is 0 Å². The molecule has 0 bridgehead atoms. The molecule has 4 aromatic carbocycles.